The van der Waals surface area contributed by atoms with Crippen LogP contribution in [-0.2, 0) is 4.79 Å². The van der Waals surface area contributed by atoms with Crippen molar-refractivity contribution < 1.29 is 19.3 Å². The van der Waals surface area contributed by atoms with Gasteiger partial charge in [0, 0.05) is 35.2 Å². The van der Waals surface area contributed by atoms with Crippen molar-refractivity contribution in [3.05, 3.63) is 75.8 Å². The van der Waals surface area contributed by atoms with Gasteiger partial charge in [-0.3, -0.25) is 24.5 Å². The molecule has 1 aliphatic rings. The summed E-state index contributed by atoms with van der Waals surface area (Å²) < 4.78 is 0. The molecule has 0 saturated carbocycles. The lowest BCUT2D eigenvalue weighted by molar-refractivity contribution is -0.383. The van der Waals surface area contributed by atoms with Gasteiger partial charge in [0.15, 0.2) is 0 Å². The number of benzene rings is 3. The molecule has 8 nitrogen and oxygen atoms in total. The van der Waals surface area contributed by atoms with Crippen molar-refractivity contribution >= 4 is 45.6 Å². The van der Waals surface area contributed by atoms with Crippen molar-refractivity contribution in [3.8, 4) is 0 Å². The van der Waals surface area contributed by atoms with Crippen molar-refractivity contribution in [3.63, 3.8) is 0 Å². The predicted molar refractivity (Wildman–Crippen MR) is 102 cm³/mol. The Morgan fingerprint density at radius 2 is 1.61 bits per heavy atom. The van der Waals surface area contributed by atoms with Gasteiger partial charge < -0.3 is 5.32 Å². The Balaban J connectivity index is 1.85. The zero-order valence-corrected chi connectivity index (χ0v) is 14.6. The highest BCUT2D eigenvalue weighted by atomic mass is 16.6. The molecule has 1 heterocycles. The van der Waals surface area contributed by atoms with Crippen LogP contribution in [0.2, 0.25) is 0 Å². The fourth-order valence-electron chi connectivity index (χ4n) is 3.37. The van der Waals surface area contributed by atoms with Crippen LogP contribution in [0.1, 0.15) is 27.6 Å². The first-order chi connectivity index (χ1) is 13.4. The zero-order chi connectivity index (χ0) is 20.0. The number of nitrogens with zero attached hydrogens (tertiary/aromatic N) is 2. The summed E-state index contributed by atoms with van der Waals surface area (Å²) in [6.07, 6.45) is 0. The molecule has 0 aromatic heterocycles. The Bertz CT molecular complexity index is 1160. The highest BCUT2D eigenvalue weighted by molar-refractivity contribution is 6.36. The predicted octanol–water partition coefficient (Wildman–Crippen LogP) is 3.51. The van der Waals surface area contributed by atoms with Crippen molar-refractivity contribution in [1.29, 1.82) is 0 Å². The van der Waals surface area contributed by atoms with E-state index in [1.165, 1.54) is 25.1 Å². The number of non-ortho nitro benzene ring substituents is 1. The van der Waals surface area contributed by atoms with Gasteiger partial charge in [-0.25, -0.2) is 4.90 Å². The monoisotopic (exact) mass is 375 g/mol. The van der Waals surface area contributed by atoms with Crippen molar-refractivity contribution in [2.24, 2.45) is 0 Å². The first kappa shape index (κ1) is 17.3. The summed E-state index contributed by atoms with van der Waals surface area (Å²) in [4.78, 5) is 49.0. The summed E-state index contributed by atoms with van der Waals surface area (Å²) >= 11 is 0. The van der Waals surface area contributed by atoms with Crippen molar-refractivity contribution in [2.75, 3.05) is 10.2 Å². The first-order valence-corrected chi connectivity index (χ1v) is 8.35. The Hall–Kier alpha value is -4.07. The maximum absolute atomic E-state index is 13.0. The number of anilines is 2. The van der Waals surface area contributed by atoms with E-state index in [1.54, 1.807) is 36.4 Å². The van der Waals surface area contributed by atoms with Gasteiger partial charge in [-0.1, -0.05) is 6.07 Å². The second kappa shape index (κ2) is 6.27. The number of carbonyl (C=O) groups excluding carboxylic acids is 3. The number of hydrogen-bond acceptors (Lipinski definition) is 5. The van der Waals surface area contributed by atoms with Gasteiger partial charge in [-0.15, -0.1) is 0 Å². The summed E-state index contributed by atoms with van der Waals surface area (Å²) in [6.45, 7) is 1.38. The minimum Gasteiger partial charge on any atom is -0.326 e. The third-order valence-electron chi connectivity index (χ3n) is 4.53. The van der Waals surface area contributed by atoms with Crippen LogP contribution >= 0.6 is 0 Å². The number of nitro groups is 1. The lowest BCUT2D eigenvalue weighted by Crippen LogP contribution is -2.40. The molecule has 3 aromatic carbocycles. The van der Waals surface area contributed by atoms with Crippen LogP contribution in [0.15, 0.2) is 54.6 Å². The van der Waals surface area contributed by atoms with E-state index >= 15 is 0 Å². The average molecular weight is 375 g/mol. The molecular formula is C20H13N3O5. The number of hydrogen-bond donors (Lipinski definition) is 1. The molecule has 0 fully saturated rings. The quantitative estimate of drug-likeness (QED) is 0.428. The number of nitrogens with one attached hydrogen (secondary N) is 1. The number of carbonyl (C=O) groups is 3. The van der Waals surface area contributed by atoms with E-state index in [-0.39, 0.29) is 33.5 Å². The Labute approximate surface area is 158 Å². The molecule has 3 amide bonds. The molecule has 28 heavy (non-hydrogen) atoms. The summed E-state index contributed by atoms with van der Waals surface area (Å²) in [5.41, 5.74) is 1.16. The van der Waals surface area contributed by atoms with E-state index in [4.69, 9.17) is 0 Å². The molecule has 3 aromatic rings. The number of nitro benzene ring substituents is 1. The van der Waals surface area contributed by atoms with E-state index in [9.17, 15) is 24.5 Å². The van der Waals surface area contributed by atoms with Crippen LogP contribution in [0.4, 0.5) is 17.1 Å². The van der Waals surface area contributed by atoms with E-state index in [0.29, 0.717) is 11.4 Å². The molecule has 0 saturated heterocycles. The fourth-order valence-corrected chi connectivity index (χ4v) is 3.37. The maximum atomic E-state index is 13.0. The van der Waals surface area contributed by atoms with Crippen LogP contribution < -0.4 is 10.2 Å². The molecule has 8 heteroatoms. The Morgan fingerprint density at radius 1 is 0.964 bits per heavy atom. The van der Waals surface area contributed by atoms with E-state index in [2.05, 4.69) is 5.32 Å². The third-order valence-corrected chi connectivity index (χ3v) is 4.53. The Kier molecular flexibility index (Phi) is 3.89. The molecule has 4 rings (SSSR count). The highest BCUT2D eigenvalue weighted by Gasteiger charge is 2.35. The molecule has 138 valence electrons. The Morgan fingerprint density at radius 3 is 2.21 bits per heavy atom. The average Bonchev–Trinajstić information content (AvgIpc) is 2.66. The van der Waals surface area contributed by atoms with Gasteiger partial charge in [-0.2, -0.15) is 0 Å². The molecule has 0 bridgehead atoms. The summed E-state index contributed by atoms with van der Waals surface area (Å²) in [6, 6.07) is 13.5. The molecule has 1 N–H and O–H groups in total. The molecular weight excluding hydrogens is 362 g/mol. The standard InChI is InChI=1S/C20H13N3O5/c1-11(24)21-12-5-7-13(8-6-12)22-19(25)15-4-2-3-14-17(23(27)28)10-9-16(18(14)15)20(22)26/h2-10H,1H3,(H,21,24). The molecule has 0 radical (unpaired) electrons. The lowest BCUT2D eigenvalue weighted by atomic mass is 9.93. The van der Waals surface area contributed by atoms with Gasteiger partial charge in [0.1, 0.15) is 0 Å². The molecule has 0 unspecified atom stereocenters. The van der Waals surface area contributed by atoms with Gasteiger partial charge in [0.2, 0.25) is 5.91 Å². The van der Waals surface area contributed by atoms with E-state index in [1.807, 2.05) is 0 Å². The van der Waals surface area contributed by atoms with Crippen LogP contribution in [0.25, 0.3) is 10.8 Å². The van der Waals surface area contributed by atoms with Gasteiger partial charge in [-0.05, 0) is 42.5 Å². The van der Waals surface area contributed by atoms with E-state index < -0.39 is 16.7 Å². The summed E-state index contributed by atoms with van der Waals surface area (Å²) in [5.74, 6) is -1.35. The van der Waals surface area contributed by atoms with Crippen LogP contribution in [0, 0.1) is 10.1 Å². The SMILES string of the molecule is CC(=O)Nc1ccc(N2C(=O)c3cccc4c([N+](=O)[O-])ccc(c34)C2=O)cc1. The largest absolute Gasteiger partial charge is 0.326 e. The molecule has 0 atom stereocenters. The van der Waals surface area contributed by atoms with Gasteiger partial charge >= 0.3 is 0 Å². The lowest BCUT2D eigenvalue weighted by Gasteiger charge is -2.27. The fraction of sp³-hybridized carbons (Fsp3) is 0.0500. The first-order valence-electron chi connectivity index (χ1n) is 8.35. The van der Waals surface area contributed by atoms with Gasteiger partial charge in [0.25, 0.3) is 17.5 Å². The van der Waals surface area contributed by atoms with Crippen LogP contribution in [-0.4, -0.2) is 22.6 Å². The molecule has 0 spiro atoms. The normalized spacial score (nSPS) is 13.0. The number of imide groups is 1. The van der Waals surface area contributed by atoms with Crippen LogP contribution in [0.3, 0.4) is 0 Å². The minimum absolute atomic E-state index is 0.158. The molecule has 0 aliphatic carbocycles. The van der Waals surface area contributed by atoms with E-state index in [0.717, 1.165) is 4.90 Å². The van der Waals surface area contributed by atoms with Crippen LogP contribution in [0.5, 0.6) is 0 Å². The molecule has 1 aliphatic heterocycles. The number of rotatable bonds is 3. The summed E-state index contributed by atoms with van der Waals surface area (Å²) in [5, 5.41) is 14.5. The zero-order valence-electron chi connectivity index (χ0n) is 14.6. The number of amides is 3. The maximum Gasteiger partial charge on any atom is 0.277 e. The smallest absolute Gasteiger partial charge is 0.277 e. The second-order valence-corrected chi connectivity index (χ2v) is 6.29. The topological polar surface area (TPSA) is 110 Å². The highest BCUT2D eigenvalue weighted by Crippen LogP contribution is 2.37. The van der Waals surface area contributed by atoms with Crippen molar-refractivity contribution in [2.45, 2.75) is 6.92 Å². The second-order valence-electron chi connectivity index (χ2n) is 6.29. The minimum atomic E-state index is -0.559. The summed E-state index contributed by atoms with van der Waals surface area (Å²) in [7, 11) is 0. The van der Waals surface area contributed by atoms with Crippen molar-refractivity contribution in [1.82, 2.24) is 0 Å². The third kappa shape index (κ3) is 2.59. The van der Waals surface area contributed by atoms with Gasteiger partial charge in [0.05, 0.1) is 16.0 Å².